The fourth-order valence-electron chi connectivity index (χ4n) is 1.92. The van der Waals surface area contributed by atoms with Gasteiger partial charge in [-0.25, -0.2) is 0 Å². The first-order valence-electron chi connectivity index (χ1n) is 6.63. The third-order valence-corrected chi connectivity index (χ3v) is 3.52. The minimum Gasteiger partial charge on any atom is -0.496 e. The molecule has 0 aromatic heterocycles. The predicted octanol–water partition coefficient (Wildman–Crippen LogP) is 2.03. The summed E-state index contributed by atoms with van der Waals surface area (Å²) in [6.07, 6.45) is 0.898. The molecule has 4 heteroatoms. The van der Waals surface area contributed by atoms with Crippen LogP contribution in [0.4, 0.5) is 0 Å². The molecule has 0 radical (unpaired) electrons. The van der Waals surface area contributed by atoms with Crippen LogP contribution in [-0.4, -0.2) is 31.0 Å². The maximum absolute atomic E-state index is 12.2. The number of ether oxygens (including phenoxy) is 1. The third kappa shape index (κ3) is 3.96. The molecule has 1 aromatic carbocycles. The van der Waals surface area contributed by atoms with Crippen LogP contribution in [-0.2, 0) is 11.3 Å². The van der Waals surface area contributed by atoms with Crippen molar-refractivity contribution in [3.8, 4) is 5.75 Å². The summed E-state index contributed by atoms with van der Waals surface area (Å²) in [5, 5.41) is 0. The molecule has 1 amide bonds. The summed E-state index contributed by atoms with van der Waals surface area (Å²) in [5.74, 6) is 0.951. The first-order valence-corrected chi connectivity index (χ1v) is 6.63. The molecular formula is C15H24N2O2. The zero-order valence-electron chi connectivity index (χ0n) is 12.2. The molecule has 0 spiro atoms. The number of para-hydroxylation sites is 1. The van der Waals surface area contributed by atoms with Crippen LogP contribution in [0.1, 0.15) is 25.8 Å². The Morgan fingerprint density at radius 1 is 1.42 bits per heavy atom. The zero-order valence-corrected chi connectivity index (χ0v) is 12.2. The van der Waals surface area contributed by atoms with Gasteiger partial charge in [-0.1, -0.05) is 38.5 Å². The van der Waals surface area contributed by atoms with E-state index in [0.29, 0.717) is 6.54 Å². The largest absolute Gasteiger partial charge is 0.496 e. The van der Waals surface area contributed by atoms with Gasteiger partial charge < -0.3 is 15.4 Å². The molecule has 0 bridgehead atoms. The minimum atomic E-state index is -0.440. The molecule has 0 heterocycles. The average molecular weight is 264 g/mol. The van der Waals surface area contributed by atoms with Gasteiger partial charge in [0.1, 0.15) is 5.75 Å². The van der Waals surface area contributed by atoms with Crippen LogP contribution >= 0.6 is 0 Å². The van der Waals surface area contributed by atoms with Gasteiger partial charge in [0.15, 0.2) is 0 Å². The molecule has 0 aliphatic carbocycles. The first-order chi connectivity index (χ1) is 9.01. The van der Waals surface area contributed by atoms with Gasteiger partial charge >= 0.3 is 0 Å². The molecule has 19 heavy (non-hydrogen) atoms. The lowest BCUT2D eigenvalue weighted by atomic mass is 9.99. The molecule has 0 saturated heterocycles. The Hall–Kier alpha value is -1.55. The van der Waals surface area contributed by atoms with Crippen LogP contribution in [0.2, 0.25) is 0 Å². The Morgan fingerprint density at radius 3 is 2.63 bits per heavy atom. The van der Waals surface area contributed by atoms with E-state index >= 15 is 0 Å². The second-order valence-corrected chi connectivity index (χ2v) is 4.92. The lowest BCUT2D eigenvalue weighted by Gasteiger charge is -2.25. The van der Waals surface area contributed by atoms with Gasteiger partial charge in [0.25, 0.3) is 0 Å². The average Bonchev–Trinajstić information content (AvgIpc) is 2.45. The van der Waals surface area contributed by atoms with E-state index in [1.165, 1.54) is 0 Å². The lowest BCUT2D eigenvalue weighted by Crippen LogP contribution is -2.45. The third-order valence-electron chi connectivity index (χ3n) is 3.52. The van der Waals surface area contributed by atoms with Crippen LogP contribution in [0, 0.1) is 5.92 Å². The van der Waals surface area contributed by atoms with Crippen molar-refractivity contribution >= 4 is 5.91 Å². The Labute approximate surface area is 115 Å². The van der Waals surface area contributed by atoms with Crippen molar-refractivity contribution in [3.63, 3.8) is 0 Å². The molecule has 0 fully saturated rings. The van der Waals surface area contributed by atoms with Crippen LogP contribution in [0.5, 0.6) is 5.75 Å². The number of hydrogen-bond donors (Lipinski definition) is 1. The maximum atomic E-state index is 12.2. The van der Waals surface area contributed by atoms with E-state index in [1.807, 2.05) is 38.1 Å². The van der Waals surface area contributed by atoms with Crippen molar-refractivity contribution < 1.29 is 9.53 Å². The van der Waals surface area contributed by atoms with Gasteiger partial charge in [-0.15, -0.1) is 0 Å². The van der Waals surface area contributed by atoms with Crippen LogP contribution in [0.25, 0.3) is 0 Å². The molecule has 2 N–H and O–H groups in total. The van der Waals surface area contributed by atoms with E-state index in [-0.39, 0.29) is 11.8 Å². The van der Waals surface area contributed by atoms with E-state index < -0.39 is 6.04 Å². The normalized spacial score (nSPS) is 13.7. The molecular weight excluding hydrogens is 240 g/mol. The molecule has 2 atom stereocenters. The van der Waals surface area contributed by atoms with Gasteiger partial charge in [-0.05, 0) is 12.0 Å². The van der Waals surface area contributed by atoms with Crippen molar-refractivity contribution in [3.05, 3.63) is 29.8 Å². The van der Waals surface area contributed by atoms with Gasteiger partial charge in [-0.2, -0.15) is 0 Å². The second-order valence-electron chi connectivity index (χ2n) is 4.92. The second kappa shape index (κ2) is 7.14. The smallest absolute Gasteiger partial charge is 0.239 e. The zero-order chi connectivity index (χ0) is 14.4. The Kier molecular flexibility index (Phi) is 5.83. The van der Waals surface area contributed by atoms with Crippen molar-refractivity contribution in [2.24, 2.45) is 11.7 Å². The SMILES string of the molecule is CCC(C)[C@H](N)C(=O)N(C)Cc1ccccc1OC. The number of amides is 1. The number of nitrogens with zero attached hydrogens (tertiary/aromatic N) is 1. The van der Waals surface area contributed by atoms with Crippen LogP contribution < -0.4 is 10.5 Å². The Bertz CT molecular complexity index is 420. The number of methoxy groups -OCH3 is 1. The van der Waals surface area contributed by atoms with Gasteiger partial charge in [-0.3, -0.25) is 4.79 Å². The number of carbonyl (C=O) groups excluding carboxylic acids is 1. The van der Waals surface area contributed by atoms with Crippen molar-refractivity contribution in [2.45, 2.75) is 32.9 Å². The van der Waals surface area contributed by atoms with E-state index in [0.717, 1.165) is 17.7 Å². The standard InChI is InChI=1S/C15H24N2O2/c1-5-11(2)14(16)15(18)17(3)10-12-8-6-7-9-13(12)19-4/h6-9,11,14H,5,10,16H2,1-4H3/t11?,14-/m0/s1. The highest BCUT2D eigenvalue weighted by atomic mass is 16.5. The summed E-state index contributed by atoms with van der Waals surface area (Å²) in [7, 11) is 3.41. The van der Waals surface area contributed by atoms with E-state index in [1.54, 1.807) is 19.1 Å². The number of rotatable bonds is 6. The summed E-state index contributed by atoms with van der Waals surface area (Å²) in [6.45, 7) is 4.55. The van der Waals surface area contributed by atoms with Gasteiger partial charge in [0.2, 0.25) is 5.91 Å². The molecule has 106 valence electrons. The number of nitrogens with two attached hydrogens (primary N) is 1. The van der Waals surface area contributed by atoms with E-state index in [4.69, 9.17) is 10.5 Å². The highest BCUT2D eigenvalue weighted by Gasteiger charge is 2.23. The highest BCUT2D eigenvalue weighted by molar-refractivity contribution is 5.81. The Morgan fingerprint density at radius 2 is 2.05 bits per heavy atom. The monoisotopic (exact) mass is 264 g/mol. The molecule has 1 unspecified atom stereocenters. The molecule has 1 aromatic rings. The van der Waals surface area contributed by atoms with Crippen molar-refractivity contribution in [1.82, 2.24) is 4.90 Å². The fourth-order valence-corrected chi connectivity index (χ4v) is 1.92. The van der Waals surface area contributed by atoms with Gasteiger partial charge in [0.05, 0.1) is 13.2 Å². The number of benzene rings is 1. The minimum absolute atomic E-state index is 0.0275. The molecule has 4 nitrogen and oxygen atoms in total. The molecule has 0 saturated carbocycles. The van der Waals surface area contributed by atoms with E-state index in [2.05, 4.69) is 0 Å². The first kappa shape index (κ1) is 15.5. The van der Waals surface area contributed by atoms with Crippen LogP contribution in [0.3, 0.4) is 0 Å². The van der Waals surface area contributed by atoms with Gasteiger partial charge in [0, 0.05) is 19.2 Å². The summed E-state index contributed by atoms with van der Waals surface area (Å²) in [4.78, 5) is 13.9. The molecule has 0 aliphatic heterocycles. The number of hydrogen-bond acceptors (Lipinski definition) is 3. The van der Waals surface area contributed by atoms with E-state index in [9.17, 15) is 4.79 Å². The number of likely N-dealkylation sites (N-methyl/N-ethyl adjacent to an activating group) is 1. The summed E-state index contributed by atoms with van der Waals surface area (Å²) in [5.41, 5.74) is 6.96. The number of carbonyl (C=O) groups is 1. The predicted molar refractivity (Wildman–Crippen MR) is 76.9 cm³/mol. The quantitative estimate of drug-likeness (QED) is 0.855. The highest BCUT2D eigenvalue weighted by Crippen LogP contribution is 2.19. The topological polar surface area (TPSA) is 55.6 Å². The summed E-state index contributed by atoms with van der Waals surface area (Å²) >= 11 is 0. The van der Waals surface area contributed by atoms with Crippen LogP contribution in [0.15, 0.2) is 24.3 Å². The Balaban J connectivity index is 2.73. The fraction of sp³-hybridized carbons (Fsp3) is 0.533. The summed E-state index contributed by atoms with van der Waals surface area (Å²) < 4.78 is 5.29. The van der Waals surface area contributed by atoms with Crippen molar-refractivity contribution in [2.75, 3.05) is 14.2 Å². The molecule has 1 rings (SSSR count). The summed E-state index contributed by atoms with van der Waals surface area (Å²) in [6, 6.07) is 7.25. The van der Waals surface area contributed by atoms with Crippen molar-refractivity contribution in [1.29, 1.82) is 0 Å². The lowest BCUT2D eigenvalue weighted by molar-refractivity contribution is -0.132. The molecule has 0 aliphatic rings. The maximum Gasteiger partial charge on any atom is 0.239 e.